The molecule has 1 aromatic rings. The van der Waals surface area contributed by atoms with Crippen molar-refractivity contribution in [1.82, 2.24) is 10.6 Å². The molecule has 0 bridgehead atoms. The molecule has 0 radical (unpaired) electrons. The van der Waals surface area contributed by atoms with Crippen LogP contribution in [0.1, 0.15) is 22.3 Å². The third kappa shape index (κ3) is 5.25. The van der Waals surface area contributed by atoms with Crippen LogP contribution >= 0.6 is 12.2 Å². The first kappa shape index (κ1) is 14.6. The van der Waals surface area contributed by atoms with Gasteiger partial charge >= 0.3 is 0 Å². The van der Waals surface area contributed by atoms with Gasteiger partial charge in [0.15, 0.2) is 5.11 Å². The zero-order valence-electron chi connectivity index (χ0n) is 10.7. The molecule has 0 atom stereocenters. The summed E-state index contributed by atoms with van der Waals surface area (Å²) in [7, 11) is 1.65. The monoisotopic (exact) mass is 266 g/mol. The third-order valence-electron chi connectivity index (χ3n) is 2.32. The van der Waals surface area contributed by atoms with Gasteiger partial charge in [-0.1, -0.05) is 17.7 Å². The first-order chi connectivity index (χ1) is 8.63. The van der Waals surface area contributed by atoms with Gasteiger partial charge in [0.05, 0.1) is 0 Å². The van der Waals surface area contributed by atoms with Crippen molar-refractivity contribution >= 4 is 23.2 Å². The number of rotatable bonds is 5. The molecule has 0 saturated heterocycles. The number of ether oxygens (including phenoxy) is 1. The smallest absolute Gasteiger partial charge is 0.257 e. The molecule has 1 rings (SSSR count). The molecule has 0 heterocycles. The highest BCUT2D eigenvalue weighted by molar-refractivity contribution is 7.80. The number of carbonyl (C=O) groups excluding carboxylic acids is 1. The van der Waals surface area contributed by atoms with E-state index < -0.39 is 0 Å². The highest BCUT2D eigenvalue weighted by Crippen LogP contribution is 2.03. The van der Waals surface area contributed by atoms with E-state index in [-0.39, 0.29) is 5.91 Å². The Kier molecular flexibility index (Phi) is 6.32. The quantitative estimate of drug-likeness (QED) is 0.628. The fourth-order valence-corrected chi connectivity index (χ4v) is 1.62. The Balaban J connectivity index is 2.38. The minimum absolute atomic E-state index is 0.192. The van der Waals surface area contributed by atoms with E-state index in [9.17, 15) is 4.79 Å². The summed E-state index contributed by atoms with van der Waals surface area (Å²) in [6.45, 7) is 3.29. The van der Waals surface area contributed by atoms with Crippen molar-refractivity contribution in [2.24, 2.45) is 0 Å². The van der Waals surface area contributed by atoms with Crippen molar-refractivity contribution < 1.29 is 9.53 Å². The van der Waals surface area contributed by atoms with Crippen molar-refractivity contribution in [3.05, 3.63) is 35.4 Å². The second kappa shape index (κ2) is 7.79. The molecule has 0 spiro atoms. The molecule has 0 aliphatic heterocycles. The maximum absolute atomic E-state index is 11.8. The summed E-state index contributed by atoms with van der Waals surface area (Å²) in [6, 6.07) is 7.37. The largest absolute Gasteiger partial charge is 0.385 e. The maximum Gasteiger partial charge on any atom is 0.257 e. The van der Waals surface area contributed by atoms with Gasteiger partial charge in [0, 0.05) is 25.8 Å². The van der Waals surface area contributed by atoms with Gasteiger partial charge < -0.3 is 10.1 Å². The van der Waals surface area contributed by atoms with Crippen molar-refractivity contribution in [1.29, 1.82) is 0 Å². The van der Waals surface area contributed by atoms with Gasteiger partial charge in [0.1, 0.15) is 0 Å². The lowest BCUT2D eigenvalue weighted by molar-refractivity contribution is 0.0976. The summed E-state index contributed by atoms with van der Waals surface area (Å²) in [6.07, 6.45) is 0.844. The highest BCUT2D eigenvalue weighted by atomic mass is 32.1. The molecule has 0 aliphatic rings. The molecule has 98 valence electrons. The predicted octanol–water partition coefficient (Wildman–Crippen LogP) is 1.64. The SMILES string of the molecule is COCCCNC(=S)NC(=O)c1cccc(C)c1. The number of nitrogens with one attached hydrogen (secondary N) is 2. The average molecular weight is 266 g/mol. The second-order valence-corrected chi connectivity index (χ2v) is 4.33. The zero-order valence-corrected chi connectivity index (χ0v) is 11.5. The molecule has 1 amide bonds. The fraction of sp³-hybridized carbons (Fsp3) is 0.385. The number of aryl methyl sites for hydroxylation is 1. The van der Waals surface area contributed by atoms with E-state index in [1.54, 1.807) is 13.2 Å². The minimum atomic E-state index is -0.192. The number of hydrogen-bond acceptors (Lipinski definition) is 3. The Morgan fingerprint density at radius 2 is 2.22 bits per heavy atom. The lowest BCUT2D eigenvalue weighted by Crippen LogP contribution is -2.39. The summed E-state index contributed by atoms with van der Waals surface area (Å²) >= 11 is 5.03. The molecule has 0 aromatic heterocycles. The molecule has 18 heavy (non-hydrogen) atoms. The van der Waals surface area contributed by atoms with E-state index >= 15 is 0 Å². The van der Waals surface area contributed by atoms with Crippen molar-refractivity contribution in [3.63, 3.8) is 0 Å². The Morgan fingerprint density at radius 1 is 1.44 bits per heavy atom. The lowest BCUT2D eigenvalue weighted by atomic mass is 10.1. The number of thiocarbonyl (C=S) groups is 1. The van der Waals surface area contributed by atoms with Crippen LogP contribution in [0.2, 0.25) is 0 Å². The molecule has 0 fully saturated rings. The fourth-order valence-electron chi connectivity index (χ4n) is 1.42. The molecule has 4 nitrogen and oxygen atoms in total. The summed E-state index contributed by atoms with van der Waals surface area (Å²) in [5, 5.41) is 5.94. The molecule has 2 N–H and O–H groups in total. The van der Waals surface area contributed by atoms with Gasteiger partial charge in [-0.2, -0.15) is 0 Å². The van der Waals surface area contributed by atoms with E-state index in [1.165, 1.54) is 0 Å². The van der Waals surface area contributed by atoms with E-state index in [2.05, 4.69) is 10.6 Å². The Hall–Kier alpha value is -1.46. The summed E-state index contributed by atoms with van der Waals surface area (Å²) in [4.78, 5) is 11.8. The van der Waals surface area contributed by atoms with Gasteiger partial charge in [-0.25, -0.2) is 0 Å². The molecule has 0 unspecified atom stereocenters. The Bertz CT molecular complexity index is 421. The first-order valence-corrected chi connectivity index (χ1v) is 6.19. The van der Waals surface area contributed by atoms with Gasteiger partial charge in [-0.3, -0.25) is 10.1 Å². The average Bonchev–Trinajstić information content (AvgIpc) is 2.34. The molecule has 0 aliphatic carbocycles. The minimum Gasteiger partial charge on any atom is -0.385 e. The van der Waals surface area contributed by atoms with E-state index in [4.69, 9.17) is 17.0 Å². The van der Waals surface area contributed by atoms with Gasteiger partial charge in [-0.05, 0) is 37.7 Å². The number of amides is 1. The molecular formula is C13H18N2O2S. The predicted molar refractivity (Wildman–Crippen MR) is 75.7 cm³/mol. The van der Waals surface area contributed by atoms with Gasteiger partial charge in [0.25, 0.3) is 5.91 Å². The normalized spacial score (nSPS) is 9.89. The van der Waals surface area contributed by atoms with Crippen LogP contribution in [0.3, 0.4) is 0 Å². The van der Waals surface area contributed by atoms with Crippen LogP contribution in [0.4, 0.5) is 0 Å². The van der Waals surface area contributed by atoms with Crippen LogP contribution in [-0.2, 0) is 4.74 Å². The number of carbonyl (C=O) groups is 1. The van der Waals surface area contributed by atoms with Crippen LogP contribution < -0.4 is 10.6 Å². The van der Waals surface area contributed by atoms with Crippen LogP contribution in [0.15, 0.2) is 24.3 Å². The first-order valence-electron chi connectivity index (χ1n) is 5.78. The van der Waals surface area contributed by atoms with Crippen LogP contribution in [-0.4, -0.2) is 31.3 Å². The van der Waals surface area contributed by atoms with Crippen LogP contribution in [0.25, 0.3) is 0 Å². The highest BCUT2D eigenvalue weighted by Gasteiger charge is 2.06. The topological polar surface area (TPSA) is 50.4 Å². The number of benzene rings is 1. The third-order valence-corrected chi connectivity index (χ3v) is 2.56. The van der Waals surface area contributed by atoms with Crippen LogP contribution in [0, 0.1) is 6.92 Å². The number of methoxy groups -OCH3 is 1. The summed E-state index contributed by atoms with van der Waals surface area (Å²) < 4.78 is 4.92. The van der Waals surface area contributed by atoms with E-state index in [0.29, 0.717) is 23.8 Å². The maximum atomic E-state index is 11.8. The van der Waals surface area contributed by atoms with E-state index in [1.807, 2.05) is 25.1 Å². The van der Waals surface area contributed by atoms with E-state index in [0.717, 1.165) is 12.0 Å². The standard InChI is InChI=1S/C13H18N2O2S/c1-10-5-3-6-11(9-10)12(16)15-13(18)14-7-4-8-17-2/h3,5-6,9H,4,7-8H2,1-2H3,(H2,14,15,16,18). The molecule has 5 heteroatoms. The molecular weight excluding hydrogens is 248 g/mol. The second-order valence-electron chi connectivity index (χ2n) is 3.93. The Labute approximate surface area is 113 Å². The van der Waals surface area contributed by atoms with Gasteiger partial charge in [0.2, 0.25) is 0 Å². The zero-order chi connectivity index (χ0) is 13.4. The molecule has 1 aromatic carbocycles. The van der Waals surface area contributed by atoms with Crippen molar-refractivity contribution in [3.8, 4) is 0 Å². The summed E-state index contributed by atoms with van der Waals surface area (Å²) in [5.74, 6) is -0.192. The molecule has 0 saturated carbocycles. The van der Waals surface area contributed by atoms with Crippen LogP contribution in [0.5, 0.6) is 0 Å². The Morgan fingerprint density at radius 3 is 2.89 bits per heavy atom. The lowest BCUT2D eigenvalue weighted by Gasteiger charge is -2.09. The number of hydrogen-bond donors (Lipinski definition) is 2. The van der Waals surface area contributed by atoms with Crippen molar-refractivity contribution in [2.45, 2.75) is 13.3 Å². The summed E-state index contributed by atoms with van der Waals surface area (Å²) in [5.41, 5.74) is 1.65. The van der Waals surface area contributed by atoms with Crippen molar-refractivity contribution in [2.75, 3.05) is 20.3 Å². The van der Waals surface area contributed by atoms with Gasteiger partial charge in [-0.15, -0.1) is 0 Å².